The molecule has 3 rings (SSSR count). The Morgan fingerprint density at radius 3 is 1.83 bits per heavy atom. The highest BCUT2D eigenvalue weighted by Gasteiger charge is 2.88. The maximum atomic E-state index is 9.07. The molecule has 3 aliphatic carbocycles. The summed E-state index contributed by atoms with van der Waals surface area (Å²) in [7, 11) is 4.26. The van der Waals surface area contributed by atoms with Gasteiger partial charge in [0.15, 0.2) is 0 Å². The van der Waals surface area contributed by atoms with Crippen LogP contribution >= 0.6 is 0 Å². The number of rotatable bonds is 1. The Hall–Kier alpha value is -0.380. The second-order valence-electron chi connectivity index (χ2n) is 5.58. The molecule has 0 aromatic carbocycles. The quantitative estimate of drug-likeness (QED) is 0.494. The van der Waals surface area contributed by atoms with E-state index in [0.29, 0.717) is 10.8 Å². The third kappa shape index (κ3) is 0.505. The van der Waals surface area contributed by atoms with Gasteiger partial charge in [0.1, 0.15) is 15.7 Å². The highest BCUT2D eigenvalue weighted by Crippen LogP contribution is 2.95. The summed E-state index contributed by atoms with van der Waals surface area (Å²) in [5.74, 6) is 0.752. The van der Waals surface area contributed by atoms with Crippen LogP contribution in [-0.4, -0.2) is 15.7 Å². The monoisotopic (exact) mass is 157 g/mol. The summed E-state index contributed by atoms with van der Waals surface area (Å²) >= 11 is 0. The fourth-order valence-electron chi connectivity index (χ4n) is 4.03. The van der Waals surface area contributed by atoms with Crippen LogP contribution in [-0.2, 0) is 0 Å². The lowest BCUT2D eigenvalue weighted by Gasteiger charge is -2.14. The topological polar surface area (TPSA) is 23.8 Å². The van der Waals surface area contributed by atoms with Crippen LogP contribution in [0.1, 0.15) is 25.7 Å². The fourth-order valence-corrected chi connectivity index (χ4v) is 4.03. The van der Waals surface area contributed by atoms with Crippen LogP contribution in [0.3, 0.4) is 0 Å². The lowest BCUT2D eigenvalue weighted by atomic mass is 9.51. The van der Waals surface area contributed by atoms with Crippen molar-refractivity contribution in [3.05, 3.63) is 0 Å². The molecule has 0 N–H and O–H groups in total. The molecule has 0 aliphatic heterocycles. The summed E-state index contributed by atoms with van der Waals surface area (Å²) in [5.41, 5.74) is 1.37. The van der Waals surface area contributed by atoms with Gasteiger partial charge in [-0.25, -0.2) is 0 Å². The summed E-state index contributed by atoms with van der Waals surface area (Å²) in [5, 5.41) is 9.03. The van der Waals surface area contributed by atoms with E-state index >= 15 is 0 Å². The van der Waals surface area contributed by atoms with Crippen molar-refractivity contribution in [1.82, 2.24) is 0 Å². The molecule has 3 aliphatic rings. The van der Waals surface area contributed by atoms with E-state index in [2.05, 4.69) is 21.8 Å². The molecule has 3 saturated carbocycles. The Labute approximate surface area is 75.3 Å². The molecule has 0 radical (unpaired) electrons. The maximum absolute atomic E-state index is 9.07. The minimum atomic E-state index is -0.0486. The highest BCUT2D eigenvalue weighted by molar-refractivity contribution is 6.42. The number of hydrogen-bond acceptors (Lipinski definition) is 1. The zero-order chi connectivity index (χ0) is 8.61. The largest absolute Gasteiger partial charge is 0.199 e. The SMILES string of the molecule is BC(B)(C#N)C1C2(CC2)C12CC2. The molecule has 0 heterocycles. The number of hydrogen-bond donors (Lipinski definition) is 0. The van der Waals surface area contributed by atoms with E-state index in [4.69, 9.17) is 5.26 Å². The molecule has 0 atom stereocenters. The normalized spacial score (nSPS) is 37.8. The summed E-state index contributed by atoms with van der Waals surface area (Å²) < 4.78 is 0. The average molecular weight is 157 g/mol. The van der Waals surface area contributed by atoms with E-state index in [-0.39, 0.29) is 5.21 Å². The first-order valence-corrected chi connectivity index (χ1v) is 5.00. The molecule has 3 fully saturated rings. The molecular formula is C9H13B2N. The minimum Gasteiger partial charge on any atom is -0.199 e. The van der Waals surface area contributed by atoms with Crippen molar-refractivity contribution in [2.45, 2.75) is 30.9 Å². The summed E-state index contributed by atoms with van der Waals surface area (Å²) in [6.45, 7) is 0. The third-order valence-corrected chi connectivity index (χ3v) is 4.60. The van der Waals surface area contributed by atoms with E-state index in [0.717, 1.165) is 5.92 Å². The first-order chi connectivity index (χ1) is 5.59. The number of fused-ring (bicyclic) bond motifs is 1. The fraction of sp³-hybridized carbons (Fsp3) is 0.889. The van der Waals surface area contributed by atoms with Gasteiger partial charge >= 0.3 is 0 Å². The van der Waals surface area contributed by atoms with Gasteiger partial charge in [0.05, 0.1) is 6.07 Å². The van der Waals surface area contributed by atoms with Gasteiger partial charge in [-0.3, -0.25) is 0 Å². The first kappa shape index (κ1) is 7.06. The second-order valence-corrected chi connectivity index (χ2v) is 5.58. The standard InChI is InChI=1S/C9H13B2N/c10-9(11,5-12)6-7(1-2-7)8(6)3-4-8/h6H,1-4,10-11H2. The van der Waals surface area contributed by atoms with Gasteiger partial charge < -0.3 is 0 Å². The smallest absolute Gasteiger partial charge is 0.117 e. The van der Waals surface area contributed by atoms with E-state index < -0.39 is 0 Å². The van der Waals surface area contributed by atoms with Crippen LogP contribution in [0.5, 0.6) is 0 Å². The zero-order valence-electron chi connectivity index (χ0n) is 7.85. The Morgan fingerprint density at radius 1 is 1.17 bits per heavy atom. The van der Waals surface area contributed by atoms with Gasteiger partial charge in [-0.15, -0.1) is 0 Å². The van der Waals surface area contributed by atoms with E-state index in [1.54, 1.807) is 0 Å². The molecule has 60 valence electrons. The number of nitriles is 1. The minimum absolute atomic E-state index is 0.0486. The van der Waals surface area contributed by atoms with Crippen molar-refractivity contribution in [3.63, 3.8) is 0 Å². The molecule has 0 saturated heterocycles. The Bertz CT molecular complexity index is 276. The van der Waals surface area contributed by atoms with E-state index in [9.17, 15) is 0 Å². The molecule has 1 nitrogen and oxygen atoms in total. The molecule has 0 aromatic rings. The van der Waals surface area contributed by atoms with Crippen LogP contribution in [0.4, 0.5) is 0 Å². The predicted octanol–water partition coefficient (Wildman–Crippen LogP) is 0.0826. The third-order valence-electron chi connectivity index (χ3n) is 4.60. The molecule has 3 heteroatoms. The van der Waals surface area contributed by atoms with Gasteiger partial charge in [-0.05, 0) is 42.4 Å². The van der Waals surface area contributed by atoms with Gasteiger partial charge in [0.25, 0.3) is 0 Å². The van der Waals surface area contributed by atoms with E-state index in [1.807, 2.05) is 0 Å². The van der Waals surface area contributed by atoms with Crippen LogP contribution in [0.2, 0.25) is 5.21 Å². The molecule has 0 aromatic heterocycles. The lowest BCUT2D eigenvalue weighted by molar-refractivity contribution is 0.676. The summed E-state index contributed by atoms with van der Waals surface area (Å²) in [6, 6.07) is 2.49. The van der Waals surface area contributed by atoms with Crippen LogP contribution in [0.15, 0.2) is 0 Å². The van der Waals surface area contributed by atoms with Crippen molar-refractivity contribution < 1.29 is 0 Å². The van der Waals surface area contributed by atoms with Crippen molar-refractivity contribution in [2.75, 3.05) is 0 Å². The predicted molar refractivity (Wildman–Crippen MR) is 52.2 cm³/mol. The van der Waals surface area contributed by atoms with Crippen molar-refractivity contribution in [2.24, 2.45) is 16.7 Å². The maximum Gasteiger partial charge on any atom is 0.117 e. The average Bonchev–Trinajstić information content (AvgIpc) is 2.83. The van der Waals surface area contributed by atoms with Crippen molar-refractivity contribution in [3.8, 4) is 6.07 Å². The van der Waals surface area contributed by atoms with Gasteiger partial charge in [-0.2, -0.15) is 5.26 Å². The van der Waals surface area contributed by atoms with Crippen LogP contribution in [0.25, 0.3) is 0 Å². The molecule has 0 bridgehead atoms. The molecular weight excluding hydrogens is 144 g/mol. The van der Waals surface area contributed by atoms with Crippen LogP contribution < -0.4 is 0 Å². The highest BCUT2D eigenvalue weighted by atomic mass is 14.9. The summed E-state index contributed by atoms with van der Waals surface area (Å²) in [6.07, 6.45) is 5.68. The summed E-state index contributed by atoms with van der Waals surface area (Å²) in [4.78, 5) is 0. The Kier molecular flexibility index (Phi) is 0.881. The van der Waals surface area contributed by atoms with Gasteiger partial charge in [0, 0.05) is 5.21 Å². The number of nitrogens with zero attached hydrogens (tertiary/aromatic N) is 1. The Balaban J connectivity index is 1.94. The molecule has 12 heavy (non-hydrogen) atoms. The zero-order valence-corrected chi connectivity index (χ0v) is 7.85. The van der Waals surface area contributed by atoms with E-state index in [1.165, 1.54) is 25.7 Å². The first-order valence-electron chi connectivity index (χ1n) is 5.00. The second kappa shape index (κ2) is 1.50. The molecule has 0 unspecified atom stereocenters. The molecule has 0 amide bonds. The molecule has 2 spiro atoms. The Morgan fingerprint density at radius 2 is 1.58 bits per heavy atom. The van der Waals surface area contributed by atoms with Crippen molar-refractivity contribution >= 4 is 15.7 Å². The van der Waals surface area contributed by atoms with Crippen LogP contribution in [0, 0.1) is 28.1 Å². The lowest BCUT2D eigenvalue weighted by Crippen LogP contribution is -2.15. The van der Waals surface area contributed by atoms with Gasteiger partial charge in [-0.1, -0.05) is 0 Å². The van der Waals surface area contributed by atoms with Crippen molar-refractivity contribution in [1.29, 1.82) is 5.26 Å². The van der Waals surface area contributed by atoms with Gasteiger partial charge in [0.2, 0.25) is 0 Å².